The summed E-state index contributed by atoms with van der Waals surface area (Å²) in [4.78, 5) is 13.3. The lowest BCUT2D eigenvalue weighted by molar-refractivity contribution is -0.116. The van der Waals surface area contributed by atoms with Crippen molar-refractivity contribution in [1.29, 1.82) is 0 Å². The number of nitrogens with zero attached hydrogens (tertiary/aromatic N) is 2. The fourth-order valence-electron chi connectivity index (χ4n) is 4.11. The van der Waals surface area contributed by atoms with Crippen LogP contribution >= 0.6 is 0 Å². The normalized spacial score (nSPS) is 20.8. The number of benzene rings is 2. The highest BCUT2D eigenvalue weighted by Crippen LogP contribution is 2.43. The second kappa shape index (κ2) is 7.09. The van der Waals surface area contributed by atoms with E-state index in [1.165, 1.54) is 0 Å². The second-order valence-corrected chi connectivity index (χ2v) is 7.27. The third-order valence-electron chi connectivity index (χ3n) is 5.56. The fraction of sp³-hybridized carbons (Fsp3) is 0.227. The number of anilines is 2. The molecule has 2 aromatic carbocycles. The van der Waals surface area contributed by atoms with Gasteiger partial charge in [0.1, 0.15) is 5.75 Å². The van der Waals surface area contributed by atoms with Crippen molar-refractivity contribution in [1.82, 2.24) is 10.3 Å². The summed E-state index contributed by atoms with van der Waals surface area (Å²) in [5.74, 6) is 2.00. The molecule has 146 valence electrons. The van der Waals surface area contributed by atoms with Crippen molar-refractivity contribution in [2.24, 2.45) is 0 Å². The first-order chi connectivity index (χ1) is 14.2. The molecule has 0 amide bonds. The largest absolute Gasteiger partial charge is 0.497 e. The van der Waals surface area contributed by atoms with Crippen molar-refractivity contribution in [3.8, 4) is 5.75 Å². The van der Waals surface area contributed by atoms with Crippen LogP contribution in [0.2, 0.25) is 0 Å². The van der Waals surface area contributed by atoms with E-state index >= 15 is 0 Å². The Morgan fingerprint density at radius 2 is 1.72 bits per heavy atom. The Morgan fingerprint density at radius 3 is 2.48 bits per heavy atom. The molecule has 29 heavy (non-hydrogen) atoms. The topological polar surface area (TPSA) is 89.3 Å². The highest BCUT2D eigenvalue weighted by molar-refractivity contribution is 6.00. The van der Waals surface area contributed by atoms with Crippen LogP contribution in [0.5, 0.6) is 5.75 Å². The van der Waals surface area contributed by atoms with E-state index in [0.29, 0.717) is 24.5 Å². The minimum absolute atomic E-state index is 0.0810. The van der Waals surface area contributed by atoms with E-state index in [-0.39, 0.29) is 17.7 Å². The Bertz CT molecular complexity index is 1070. The molecule has 2 N–H and O–H groups in total. The van der Waals surface area contributed by atoms with Gasteiger partial charge in [-0.2, -0.15) is 0 Å². The summed E-state index contributed by atoms with van der Waals surface area (Å²) in [7, 11) is 1.64. The van der Waals surface area contributed by atoms with Gasteiger partial charge in [-0.25, -0.2) is 4.63 Å². The molecule has 3 aromatic rings. The van der Waals surface area contributed by atoms with Crippen LogP contribution in [0.3, 0.4) is 0 Å². The van der Waals surface area contributed by atoms with Crippen LogP contribution in [0.1, 0.15) is 35.9 Å². The van der Waals surface area contributed by atoms with E-state index in [2.05, 4.69) is 20.9 Å². The number of rotatable bonds is 3. The third kappa shape index (κ3) is 3.14. The first-order valence-corrected chi connectivity index (χ1v) is 9.54. The molecule has 0 saturated carbocycles. The molecule has 2 atom stereocenters. The van der Waals surface area contributed by atoms with Gasteiger partial charge in [-0.3, -0.25) is 4.79 Å². The smallest absolute Gasteiger partial charge is 0.219 e. The highest BCUT2D eigenvalue weighted by atomic mass is 16.6. The molecule has 2 aliphatic rings. The maximum atomic E-state index is 13.3. The summed E-state index contributed by atoms with van der Waals surface area (Å²) in [5, 5.41) is 14.5. The predicted octanol–water partition coefficient (Wildman–Crippen LogP) is 4.06. The summed E-state index contributed by atoms with van der Waals surface area (Å²) in [6.45, 7) is 0. The number of allylic oxidation sites excluding steroid dienone is 1. The van der Waals surface area contributed by atoms with Crippen molar-refractivity contribution >= 4 is 17.4 Å². The standard InChI is InChI=1S/C22H20N4O3/c1-28-16-9-7-13(8-10-16)15-11-17-19(18(27)12-15)20(14-5-3-2-4-6-14)24-22-21(23-17)25-29-26-22/h2-10,15,20H,11-12H2,1H3,(H,23,25)(H,24,26)/t15-,20+/m1/s1. The average Bonchev–Trinajstić information content (AvgIpc) is 3.13. The summed E-state index contributed by atoms with van der Waals surface area (Å²) in [5.41, 5.74) is 3.70. The van der Waals surface area contributed by atoms with Crippen molar-refractivity contribution in [3.05, 3.63) is 77.0 Å². The van der Waals surface area contributed by atoms with E-state index in [1.54, 1.807) is 7.11 Å². The molecule has 7 nitrogen and oxygen atoms in total. The van der Waals surface area contributed by atoms with E-state index in [1.807, 2.05) is 54.6 Å². The number of hydrogen-bond donors (Lipinski definition) is 2. The van der Waals surface area contributed by atoms with Crippen molar-refractivity contribution in [2.75, 3.05) is 17.7 Å². The summed E-state index contributed by atoms with van der Waals surface area (Å²) < 4.78 is 10.2. The van der Waals surface area contributed by atoms with Gasteiger partial charge >= 0.3 is 0 Å². The van der Waals surface area contributed by atoms with Crippen LogP contribution in [-0.4, -0.2) is 23.2 Å². The molecule has 0 fully saturated rings. The molecule has 0 bridgehead atoms. The number of fused-ring (bicyclic) bond motifs is 1. The molecule has 7 heteroatoms. The molecule has 0 saturated heterocycles. The number of methoxy groups -OCH3 is 1. The van der Waals surface area contributed by atoms with E-state index in [0.717, 1.165) is 28.1 Å². The van der Waals surface area contributed by atoms with E-state index in [4.69, 9.17) is 9.37 Å². The van der Waals surface area contributed by atoms with Gasteiger partial charge in [0.05, 0.1) is 13.2 Å². The Hall–Kier alpha value is -3.61. The summed E-state index contributed by atoms with van der Waals surface area (Å²) in [6.07, 6.45) is 1.15. The molecule has 5 rings (SSSR count). The van der Waals surface area contributed by atoms with Gasteiger partial charge in [0, 0.05) is 17.7 Å². The van der Waals surface area contributed by atoms with Crippen molar-refractivity contribution in [3.63, 3.8) is 0 Å². The fourth-order valence-corrected chi connectivity index (χ4v) is 4.11. The van der Waals surface area contributed by atoms with Gasteiger partial charge in [-0.1, -0.05) is 42.5 Å². The number of carbonyl (C=O) groups excluding carboxylic acids is 1. The zero-order valence-electron chi connectivity index (χ0n) is 15.9. The Kier molecular flexibility index (Phi) is 4.27. The molecule has 1 aromatic heterocycles. The minimum Gasteiger partial charge on any atom is -0.497 e. The lowest BCUT2D eigenvalue weighted by Crippen LogP contribution is -2.27. The first-order valence-electron chi connectivity index (χ1n) is 9.54. The number of nitrogens with one attached hydrogen (secondary N) is 2. The molecule has 0 radical (unpaired) electrons. The Balaban J connectivity index is 1.56. The Morgan fingerprint density at radius 1 is 0.966 bits per heavy atom. The number of ketones is 1. The van der Waals surface area contributed by atoms with Crippen LogP contribution in [-0.2, 0) is 4.79 Å². The summed E-state index contributed by atoms with van der Waals surface area (Å²) in [6, 6.07) is 17.5. The monoisotopic (exact) mass is 388 g/mol. The van der Waals surface area contributed by atoms with Gasteiger partial charge in [-0.15, -0.1) is 0 Å². The average molecular weight is 388 g/mol. The van der Waals surface area contributed by atoms with Gasteiger partial charge in [-0.05, 0) is 45.9 Å². The maximum absolute atomic E-state index is 13.3. The SMILES string of the molecule is COc1ccc([C@H]2CC(=O)C3=C(C2)Nc2nonc2N[C@H]3c2ccccc2)cc1. The van der Waals surface area contributed by atoms with Crippen LogP contribution in [0.4, 0.5) is 11.6 Å². The van der Waals surface area contributed by atoms with Crippen molar-refractivity contribution < 1.29 is 14.2 Å². The highest BCUT2D eigenvalue weighted by Gasteiger charge is 2.37. The number of hydrogen-bond acceptors (Lipinski definition) is 7. The second-order valence-electron chi connectivity index (χ2n) is 7.27. The van der Waals surface area contributed by atoms with Crippen LogP contribution in [0, 0.1) is 0 Å². The molecule has 0 spiro atoms. The van der Waals surface area contributed by atoms with E-state index < -0.39 is 0 Å². The van der Waals surface area contributed by atoms with Crippen LogP contribution in [0.15, 0.2) is 70.5 Å². The van der Waals surface area contributed by atoms with Gasteiger partial charge < -0.3 is 15.4 Å². The molecular weight excluding hydrogens is 368 g/mol. The third-order valence-corrected chi connectivity index (χ3v) is 5.56. The van der Waals surface area contributed by atoms with E-state index in [9.17, 15) is 4.79 Å². The van der Waals surface area contributed by atoms with Crippen LogP contribution in [0.25, 0.3) is 0 Å². The van der Waals surface area contributed by atoms with Crippen LogP contribution < -0.4 is 15.4 Å². The quantitative estimate of drug-likeness (QED) is 0.699. The molecule has 1 aliphatic carbocycles. The number of ether oxygens (including phenoxy) is 1. The predicted molar refractivity (Wildman–Crippen MR) is 108 cm³/mol. The zero-order valence-corrected chi connectivity index (χ0v) is 15.9. The number of carbonyl (C=O) groups is 1. The lowest BCUT2D eigenvalue weighted by atomic mass is 9.78. The summed E-state index contributed by atoms with van der Waals surface area (Å²) >= 11 is 0. The molecule has 2 heterocycles. The zero-order chi connectivity index (χ0) is 19.8. The maximum Gasteiger partial charge on any atom is 0.219 e. The van der Waals surface area contributed by atoms with Gasteiger partial charge in [0.2, 0.25) is 11.6 Å². The molecule has 0 unspecified atom stereocenters. The minimum atomic E-state index is -0.309. The van der Waals surface area contributed by atoms with Gasteiger partial charge in [0.15, 0.2) is 5.78 Å². The van der Waals surface area contributed by atoms with Gasteiger partial charge in [0.25, 0.3) is 0 Å². The number of aromatic nitrogens is 2. The first kappa shape index (κ1) is 17.5. The molecule has 1 aliphatic heterocycles. The Labute approximate surface area is 167 Å². The van der Waals surface area contributed by atoms with Crippen molar-refractivity contribution in [2.45, 2.75) is 24.8 Å². The number of Topliss-reactive ketones (excluding diaryl/α,β-unsaturated/α-hetero) is 1. The lowest BCUT2D eigenvalue weighted by Gasteiger charge is -2.29. The molecular formula is C22H20N4O3.